The number of methoxy groups -OCH3 is 1. The number of halogens is 2. The summed E-state index contributed by atoms with van der Waals surface area (Å²) in [6.45, 7) is -2.68. The molecule has 0 saturated carbocycles. The van der Waals surface area contributed by atoms with Crippen LogP contribution >= 0.6 is 0 Å². The molecule has 0 radical (unpaired) electrons. The minimum atomic E-state index is -2.84. The Balaban J connectivity index is 2.64. The number of benzene rings is 1. The largest absolute Gasteiger partial charge is 0.469 e. The van der Waals surface area contributed by atoms with Crippen molar-refractivity contribution >= 4 is 5.97 Å². The summed E-state index contributed by atoms with van der Waals surface area (Å²) in [7, 11) is 1.30. The van der Waals surface area contributed by atoms with Crippen LogP contribution in [0.2, 0.25) is 0 Å². The van der Waals surface area contributed by atoms with E-state index in [4.69, 9.17) is 5.73 Å². The molecule has 0 aliphatic rings. The van der Waals surface area contributed by atoms with E-state index in [2.05, 4.69) is 9.47 Å². The lowest BCUT2D eigenvalue weighted by molar-refractivity contribution is -0.145. The Morgan fingerprint density at radius 1 is 1.33 bits per heavy atom. The fraction of sp³-hybridized carbons (Fsp3) is 0.417. The molecule has 0 aromatic heterocycles. The molecule has 1 aromatic rings. The zero-order chi connectivity index (χ0) is 13.5. The molecule has 0 aliphatic carbocycles. The van der Waals surface area contributed by atoms with Gasteiger partial charge in [-0.15, -0.1) is 0 Å². The monoisotopic (exact) mass is 259 g/mol. The van der Waals surface area contributed by atoms with Crippen molar-refractivity contribution in [3.8, 4) is 5.75 Å². The number of carbonyl (C=O) groups excluding carboxylic acids is 1. The number of nitrogens with two attached hydrogens (primary N) is 1. The van der Waals surface area contributed by atoms with Crippen molar-refractivity contribution < 1.29 is 23.0 Å². The van der Waals surface area contributed by atoms with Crippen molar-refractivity contribution in [1.82, 2.24) is 0 Å². The van der Waals surface area contributed by atoms with Gasteiger partial charge in [-0.05, 0) is 24.1 Å². The van der Waals surface area contributed by atoms with Crippen molar-refractivity contribution in [2.45, 2.75) is 13.0 Å². The normalized spacial score (nSPS) is 12.3. The summed E-state index contributed by atoms with van der Waals surface area (Å²) in [5, 5.41) is 0. The van der Waals surface area contributed by atoms with Gasteiger partial charge in [0.25, 0.3) is 0 Å². The van der Waals surface area contributed by atoms with Crippen molar-refractivity contribution in [3.63, 3.8) is 0 Å². The van der Waals surface area contributed by atoms with E-state index in [-0.39, 0.29) is 18.3 Å². The third-order valence-electron chi connectivity index (χ3n) is 2.45. The van der Waals surface area contributed by atoms with Crippen LogP contribution in [0.5, 0.6) is 5.75 Å². The van der Waals surface area contributed by atoms with Crippen molar-refractivity contribution in [1.29, 1.82) is 0 Å². The fourth-order valence-corrected chi connectivity index (χ4v) is 1.52. The van der Waals surface area contributed by atoms with Crippen molar-refractivity contribution in [2.75, 3.05) is 13.7 Å². The predicted octanol–water partition coefficient (Wildman–Crippen LogP) is 1.58. The quantitative estimate of drug-likeness (QED) is 0.788. The maximum Gasteiger partial charge on any atom is 0.387 e. The van der Waals surface area contributed by atoms with E-state index in [1.165, 1.54) is 19.2 Å². The van der Waals surface area contributed by atoms with Crippen LogP contribution in [0, 0.1) is 5.92 Å². The highest BCUT2D eigenvalue weighted by atomic mass is 19.3. The van der Waals surface area contributed by atoms with Crippen molar-refractivity contribution in [3.05, 3.63) is 29.8 Å². The van der Waals surface area contributed by atoms with E-state index in [1.54, 1.807) is 12.1 Å². The molecule has 0 spiro atoms. The van der Waals surface area contributed by atoms with Gasteiger partial charge in [0.1, 0.15) is 5.75 Å². The van der Waals surface area contributed by atoms with Gasteiger partial charge in [0.2, 0.25) is 0 Å². The minimum Gasteiger partial charge on any atom is -0.469 e. The summed E-state index contributed by atoms with van der Waals surface area (Å²) in [5.74, 6) is -0.738. The molecule has 2 N–H and O–H groups in total. The van der Waals surface area contributed by atoms with E-state index in [0.29, 0.717) is 6.42 Å². The van der Waals surface area contributed by atoms with Gasteiger partial charge in [-0.3, -0.25) is 4.79 Å². The van der Waals surface area contributed by atoms with Crippen LogP contribution in [0.25, 0.3) is 0 Å². The first-order chi connectivity index (χ1) is 8.56. The smallest absolute Gasteiger partial charge is 0.387 e. The summed E-state index contributed by atoms with van der Waals surface area (Å²) in [6.07, 6.45) is 0.401. The molecule has 4 nitrogen and oxygen atoms in total. The van der Waals surface area contributed by atoms with E-state index in [1.807, 2.05) is 0 Å². The molecule has 0 saturated heterocycles. The second-order valence-electron chi connectivity index (χ2n) is 3.68. The summed E-state index contributed by atoms with van der Waals surface area (Å²) in [6, 6.07) is 6.07. The third kappa shape index (κ3) is 4.29. The van der Waals surface area contributed by atoms with E-state index in [0.717, 1.165) is 5.56 Å². The third-order valence-corrected chi connectivity index (χ3v) is 2.45. The van der Waals surface area contributed by atoms with E-state index >= 15 is 0 Å². The molecule has 1 rings (SSSR count). The number of hydrogen-bond acceptors (Lipinski definition) is 4. The molecule has 0 fully saturated rings. The zero-order valence-electron chi connectivity index (χ0n) is 9.94. The summed E-state index contributed by atoms with van der Waals surface area (Å²) in [4.78, 5) is 11.3. The first-order valence-corrected chi connectivity index (χ1v) is 5.38. The van der Waals surface area contributed by atoms with Gasteiger partial charge in [0.15, 0.2) is 0 Å². The van der Waals surface area contributed by atoms with E-state index < -0.39 is 12.5 Å². The lowest BCUT2D eigenvalue weighted by atomic mass is 9.99. The first-order valence-electron chi connectivity index (χ1n) is 5.38. The fourth-order valence-electron chi connectivity index (χ4n) is 1.52. The Kier molecular flexibility index (Phi) is 5.51. The highest BCUT2D eigenvalue weighted by molar-refractivity contribution is 5.72. The lowest BCUT2D eigenvalue weighted by Crippen LogP contribution is -2.26. The molecule has 18 heavy (non-hydrogen) atoms. The molecule has 1 unspecified atom stereocenters. The van der Waals surface area contributed by atoms with Crippen LogP contribution in [-0.4, -0.2) is 26.2 Å². The number of carbonyl (C=O) groups is 1. The van der Waals surface area contributed by atoms with Crippen LogP contribution < -0.4 is 10.5 Å². The van der Waals surface area contributed by atoms with Crippen LogP contribution in [0.4, 0.5) is 8.78 Å². The van der Waals surface area contributed by atoms with Gasteiger partial charge in [-0.2, -0.15) is 8.78 Å². The Hall–Kier alpha value is -1.69. The van der Waals surface area contributed by atoms with Gasteiger partial charge >= 0.3 is 12.6 Å². The Labute approximate surface area is 104 Å². The van der Waals surface area contributed by atoms with Crippen LogP contribution in [-0.2, 0) is 16.0 Å². The molecule has 0 amide bonds. The van der Waals surface area contributed by atoms with Crippen LogP contribution in [0.3, 0.4) is 0 Å². The molecular weight excluding hydrogens is 244 g/mol. The lowest BCUT2D eigenvalue weighted by Gasteiger charge is -2.12. The molecule has 0 aliphatic heterocycles. The number of rotatable bonds is 6. The molecular formula is C12H15F2NO3. The number of alkyl halides is 2. The van der Waals surface area contributed by atoms with Crippen LogP contribution in [0.15, 0.2) is 24.3 Å². The topological polar surface area (TPSA) is 61.5 Å². The number of ether oxygens (including phenoxy) is 2. The first kappa shape index (κ1) is 14.4. The molecule has 1 atom stereocenters. The highest BCUT2D eigenvalue weighted by Crippen LogP contribution is 2.17. The number of esters is 1. The molecule has 0 bridgehead atoms. The van der Waals surface area contributed by atoms with Gasteiger partial charge < -0.3 is 15.2 Å². The second-order valence-corrected chi connectivity index (χ2v) is 3.68. The molecule has 1 aromatic carbocycles. The minimum absolute atomic E-state index is 0.0797. The maximum absolute atomic E-state index is 11.9. The Morgan fingerprint density at radius 3 is 2.39 bits per heavy atom. The second kappa shape index (κ2) is 6.90. The van der Waals surface area contributed by atoms with Gasteiger partial charge in [-0.1, -0.05) is 12.1 Å². The highest BCUT2D eigenvalue weighted by Gasteiger charge is 2.17. The maximum atomic E-state index is 11.9. The summed E-state index contributed by atoms with van der Waals surface area (Å²) < 4.78 is 32.7. The van der Waals surface area contributed by atoms with Gasteiger partial charge in [-0.25, -0.2) is 0 Å². The average Bonchev–Trinajstić information content (AvgIpc) is 2.36. The average molecular weight is 259 g/mol. The van der Waals surface area contributed by atoms with Crippen LogP contribution in [0.1, 0.15) is 5.56 Å². The van der Waals surface area contributed by atoms with Crippen molar-refractivity contribution in [2.24, 2.45) is 11.7 Å². The Bertz CT molecular complexity index is 381. The predicted molar refractivity (Wildman–Crippen MR) is 61.3 cm³/mol. The van der Waals surface area contributed by atoms with Gasteiger partial charge in [0, 0.05) is 6.54 Å². The zero-order valence-corrected chi connectivity index (χ0v) is 9.94. The molecule has 100 valence electrons. The summed E-state index contributed by atoms with van der Waals surface area (Å²) >= 11 is 0. The Morgan fingerprint density at radius 2 is 1.94 bits per heavy atom. The number of hydrogen-bond donors (Lipinski definition) is 1. The molecule has 6 heteroatoms. The summed E-state index contributed by atoms with van der Waals surface area (Å²) in [5.41, 5.74) is 6.27. The van der Waals surface area contributed by atoms with Gasteiger partial charge in [0.05, 0.1) is 13.0 Å². The van der Waals surface area contributed by atoms with E-state index in [9.17, 15) is 13.6 Å². The SMILES string of the molecule is COC(=O)C(CN)Cc1ccc(OC(F)F)cc1. The molecule has 0 heterocycles. The standard InChI is InChI=1S/C12H15F2NO3/c1-17-11(16)9(7-15)6-8-2-4-10(5-3-8)18-12(13)14/h2-5,9,12H,6-7,15H2,1H3.